The summed E-state index contributed by atoms with van der Waals surface area (Å²) in [5.74, 6) is 0.848. The van der Waals surface area contributed by atoms with Gasteiger partial charge in [-0.15, -0.1) is 0 Å². The van der Waals surface area contributed by atoms with E-state index < -0.39 is 0 Å². The summed E-state index contributed by atoms with van der Waals surface area (Å²) in [6.45, 7) is 2.84. The molecule has 0 bridgehead atoms. The van der Waals surface area contributed by atoms with Crippen LogP contribution in [0.3, 0.4) is 0 Å². The van der Waals surface area contributed by atoms with Crippen molar-refractivity contribution >= 4 is 0 Å². The zero-order chi connectivity index (χ0) is 12.8. The summed E-state index contributed by atoms with van der Waals surface area (Å²) in [7, 11) is 0. The van der Waals surface area contributed by atoms with E-state index in [1.54, 1.807) is 0 Å². The summed E-state index contributed by atoms with van der Waals surface area (Å²) in [4.78, 5) is 0. The van der Waals surface area contributed by atoms with E-state index in [1.807, 2.05) is 24.3 Å². The maximum atomic E-state index is 8.69. The highest BCUT2D eigenvalue weighted by Gasteiger charge is 2.01. The molecule has 2 rings (SSSR count). The molecule has 0 aromatic heterocycles. The molecular weight excluding hydrogens is 224 g/mol. The van der Waals surface area contributed by atoms with Gasteiger partial charge in [-0.25, -0.2) is 0 Å². The van der Waals surface area contributed by atoms with E-state index in [9.17, 15) is 0 Å². The fraction of sp³-hybridized carbons (Fsp3) is 0.250. The molecule has 2 nitrogen and oxygen atoms in total. The first kappa shape index (κ1) is 12.7. The van der Waals surface area contributed by atoms with Gasteiger partial charge in [0.2, 0.25) is 0 Å². The quantitative estimate of drug-likeness (QED) is 0.814. The molecular formula is C16H18O2. The second-order valence-electron chi connectivity index (χ2n) is 4.26. The molecule has 94 valence electrons. The lowest BCUT2D eigenvalue weighted by atomic mass is 10.0. The molecule has 2 aromatic carbocycles. The van der Waals surface area contributed by atoms with Gasteiger partial charge in [-0.3, -0.25) is 0 Å². The highest BCUT2D eigenvalue weighted by molar-refractivity contribution is 5.67. The van der Waals surface area contributed by atoms with Crippen molar-refractivity contribution in [1.82, 2.24) is 0 Å². The van der Waals surface area contributed by atoms with Gasteiger partial charge >= 0.3 is 0 Å². The van der Waals surface area contributed by atoms with Crippen LogP contribution in [-0.2, 0) is 0 Å². The van der Waals surface area contributed by atoms with Gasteiger partial charge in [0, 0.05) is 13.0 Å². The minimum absolute atomic E-state index is 0.168. The smallest absolute Gasteiger partial charge is 0.119 e. The fourth-order valence-electron chi connectivity index (χ4n) is 1.88. The van der Waals surface area contributed by atoms with Crippen LogP contribution in [0.15, 0.2) is 48.5 Å². The van der Waals surface area contributed by atoms with Gasteiger partial charge in [0.25, 0.3) is 0 Å². The van der Waals surface area contributed by atoms with E-state index in [-0.39, 0.29) is 6.61 Å². The Morgan fingerprint density at radius 1 is 1.00 bits per heavy atom. The lowest BCUT2D eigenvalue weighted by Crippen LogP contribution is -1.99. The first-order valence-corrected chi connectivity index (χ1v) is 6.21. The fourth-order valence-corrected chi connectivity index (χ4v) is 1.88. The highest BCUT2D eigenvalue weighted by Crippen LogP contribution is 2.25. The second-order valence-corrected chi connectivity index (χ2v) is 4.26. The van der Waals surface area contributed by atoms with Gasteiger partial charge in [0.05, 0.1) is 6.61 Å². The molecule has 0 fully saturated rings. The first-order valence-electron chi connectivity index (χ1n) is 6.21. The molecule has 0 heterocycles. The summed E-state index contributed by atoms with van der Waals surface area (Å²) in [5.41, 5.74) is 3.72. The standard InChI is InChI=1S/C16H18O2/c1-13-5-2-3-6-16(13)14-7-9-15(10-8-14)18-12-4-11-17/h2-3,5-10,17H,4,11-12H2,1H3. The summed E-state index contributed by atoms with van der Waals surface area (Å²) >= 11 is 0. The summed E-state index contributed by atoms with van der Waals surface area (Å²) < 4.78 is 5.51. The molecule has 0 unspecified atom stereocenters. The maximum Gasteiger partial charge on any atom is 0.119 e. The van der Waals surface area contributed by atoms with Crippen LogP contribution >= 0.6 is 0 Å². The SMILES string of the molecule is Cc1ccccc1-c1ccc(OCCCO)cc1. The third-order valence-electron chi connectivity index (χ3n) is 2.88. The predicted octanol–water partition coefficient (Wildman–Crippen LogP) is 3.42. The van der Waals surface area contributed by atoms with E-state index in [0.29, 0.717) is 13.0 Å². The van der Waals surface area contributed by atoms with Crippen molar-refractivity contribution in [1.29, 1.82) is 0 Å². The minimum atomic E-state index is 0.168. The zero-order valence-corrected chi connectivity index (χ0v) is 10.6. The number of hydrogen-bond acceptors (Lipinski definition) is 2. The Morgan fingerprint density at radius 2 is 1.72 bits per heavy atom. The van der Waals surface area contributed by atoms with E-state index in [0.717, 1.165) is 5.75 Å². The average molecular weight is 242 g/mol. The number of aryl methyl sites for hydroxylation is 1. The lowest BCUT2D eigenvalue weighted by molar-refractivity contribution is 0.233. The summed E-state index contributed by atoms with van der Waals surface area (Å²) in [6.07, 6.45) is 0.666. The Labute approximate surface area is 108 Å². The number of aliphatic hydroxyl groups excluding tert-OH is 1. The van der Waals surface area contributed by atoms with Crippen molar-refractivity contribution < 1.29 is 9.84 Å². The van der Waals surface area contributed by atoms with E-state index in [2.05, 4.69) is 31.2 Å². The first-order chi connectivity index (χ1) is 8.81. The number of hydrogen-bond donors (Lipinski definition) is 1. The van der Waals surface area contributed by atoms with Crippen molar-refractivity contribution in [2.45, 2.75) is 13.3 Å². The lowest BCUT2D eigenvalue weighted by Gasteiger charge is -2.08. The van der Waals surface area contributed by atoms with Gasteiger partial charge in [0.1, 0.15) is 5.75 Å². The molecule has 0 radical (unpaired) electrons. The van der Waals surface area contributed by atoms with Crippen LogP contribution in [0.4, 0.5) is 0 Å². The van der Waals surface area contributed by atoms with Crippen LogP contribution in [0.2, 0.25) is 0 Å². The van der Waals surface area contributed by atoms with Crippen molar-refractivity contribution in [2.24, 2.45) is 0 Å². The second kappa shape index (κ2) is 6.22. The molecule has 0 amide bonds. The zero-order valence-electron chi connectivity index (χ0n) is 10.6. The normalized spacial score (nSPS) is 10.3. The number of rotatable bonds is 5. The van der Waals surface area contributed by atoms with Crippen LogP contribution in [0.5, 0.6) is 5.75 Å². The van der Waals surface area contributed by atoms with E-state index in [4.69, 9.17) is 9.84 Å². The van der Waals surface area contributed by atoms with Crippen molar-refractivity contribution in [3.63, 3.8) is 0 Å². The molecule has 0 aliphatic carbocycles. The average Bonchev–Trinajstić information content (AvgIpc) is 2.41. The molecule has 0 aliphatic heterocycles. The molecule has 0 spiro atoms. The highest BCUT2D eigenvalue weighted by atomic mass is 16.5. The maximum absolute atomic E-state index is 8.69. The molecule has 0 saturated heterocycles. The summed E-state index contributed by atoms with van der Waals surface area (Å²) in [5, 5.41) is 8.69. The van der Waals surface area contributed by atoms with Crippen LogP contribution in [0, 0.1) is 6.92 Å². The van der Waals surface area contributed by atoms with Gasteiger partial charge in [-0.2, -0.15) is 0 Å². The molecule has 18 heavy (non-hydrogen) atoms. The predicted molar refractivity (Wildman–Crippen MR) is 73.8 cm³/mol. The van der Waals surface area contributed by atoms with Crippen molar-refractivity contribution in [2.75, 3.05) is 13.2 Å². The number of aliphatic hydroxyl groups is 1. The Balaban J connectivity index is 2.10. The molecule has 1 N–H and O–H groups in total. The summed E-state index contributed by atoms with van der Waals surface area (Å²) in [6, 6.07) is 16.4. The van der Waals surface area contributed by atoms with Crippen molar-refractivity contribution in [3.8, 4) is 16.9 Å². The van der Waals surface area contributed by atoms with Gasteiger partial charge in [-0.1, -0.05) is 36.4 Å². The molecule has 2 aromatic rings. The molecule has 2 heteroatoms. The number of benzene rings is 2. The van der Waals surface area contributed by atoms with Crippen LogP contribution in [-0.4, -0.2) is 18.3 Å². The van der Waals surface area contributed by atoms with Crippen molar-refractivity contribution in [3.05, 3.63) is 54.1 Å². The monoisotopic (exact) mass is 242 g/mol. The van der Waals surface area contributed by atoms with Crippen LogP contribution in [0.25, 0.3) is 11.1 Å². The molecule has 0 aliphatic rings. The third-order valence-corrected chi connectivity index (χ3v) is 2.88. The van der Waals surface area contributed by atoms with E-state index in [1.165, 1.54) is 16.7 Å². The Bertz CT molecular complexity index is 489. The Hall–Kier alpha value is -1.80. The Morgan fingerprint density at radius 3 is 2.39 bits per heavy atom. The van der Waals surface area contributed by atoms with Gasteiger partial charge < -0.3 is 9.84 Å². The van der Waals surface area contributed by atoms with Gasteiger partial charge in [-0.05, 0) is 35.7 Å². The molecule has 0 saturated carbocycles. The van der Waals surface area contributed by atoms with Crippen LogP contribution < -0.4 is 4.74 Å². The Kier molecular flexibility index (Phi) is 4.37. The topological polar surface area (TPSA) is 29.5 Å². The number of ether oxygens (including phenoxy) is 1. The van der Waals surface area contributed by atoms with Gasteiger partial charge in [0.15, 0.2) is 0 Å². The van der Waals surface area contributed by atoms with Crippen LogP contribution in [0.1, 0.15) is 12.0 Å². The molecule has 0 atom stereocenters. The largest absolute Gasteiger partial charge is 0.494 e. The van der Waals surface area contributed by atoms with E-state index >= 15 is 0 Å². The minimum Gasteiger partial charge on any atom is -0.494 e. The third kappa shape index (κ3) is 3.11.